The number of cyclic esters (lactones) is 2. The molecule has 0 spiro atoms. The summed E-state index contributed by atoms with van der Waals surface area (Å²) >= 11 is 0. The average molecular weight is 222 g/mol. The Morgan fingerprint density at radius 3 is 2.44 bits per heavy atom. The summed E-state index contributed by atoms with van der Waals surface area (Å²) in [6.45, 7) is 1.83. The van der Waals surface area contributed by atoms with Gasteiger partial charge >= 0.3 is 11.9 Å². The molecular weight excluding hydrogens is 211 g/mol. The molecule has 1 aromatic rings. The Morgan fingerprint density at radius 2 is 1.94 bits per heavy atom. The van der Waals surface area contributed by atoms with Gasteiger partial charge < -0.3 is 4.74 Å². The molecule has 0 N–H and O–H groups in total. The van der Waals surface area contributed by atoms with Crippen LogP contribution in [0.15, 0.2) is 24.3 Å². The lowest BCUT2D eigenvalue weighted by Gasteiger charge is -2.15. The van der Waals surface area contributed by atoms with Gasteiger partial charge in [-0.15, -0.1) is 0 Å². The zero-order valence-corrected chi connectivity index (χ0v) is 8.77. The van der Waals surface area contributed by atoms with Gasteiger partial charge in [-0.1, -0.05) is 19.1 Å². The third-order valence-electron chi connectivity index (χ3n) is 2.90. The molecule has 1 aliphatic heterocycles. The summed E-state index contributed by atoms with van der Waals surface area (Å²) < 4.78 is 17.2. The largest absolute Gasteiger partial charge is 0.393 e. The maximum Gasteiger partial charge on any atom is 0.317 e. The molecule has 4 heteroatoms. The topological polar surface area (TPSA) is 43.4 Å². The Kier molecular flexibility index (Phi) is 2.73. The normalized spacial score (nSPS) is 22.0. The number of benzene rings is 1. The van der Waals surface area contributed by atoms with Crippen LogP contribution in [-0.2, 0) is 14.3 Å². The number of hydrogen-bond donors (Lipinski definition) is 0. The summed E-state index contributed by atoms with van der Waals surface area (Å²) in [6, 6.07) is 5.92. The van der Waals surface area contributed by atoms with Crippen LogP contribution in [0.2, 0.25) is 0 Å². The van der Waals surface area contributed by atoms with E-state index in [0.717, 1.165) is 5.56 Å². The van der Waals surface area contributed by atoms with Gasteiger partial charge in [0.2, 0.25) is 0 Å². The quantitative estimate of drug-likeness (QED) is 0.568. The third-order valence-corrected chi connectivity index (χ3v) is 2.90. The summed E-state index contributed by atoms with van der Waals surface area (Å²) in [6.07, 6.45) is 0.109. The number of esters is 2. The van der Waals surface area contributed by atoms with Gasteiger partial charge in [0.05, 0.1) is 12.3 Å². The lowest BCUT2D eigenvalue weighted by molar-refractivity contribution is -0.153. The molecule has 0 amide bonds. The molecule has 1 fully saturated rings. The third kappa shape index (κ3) is 1.96. The molecule has 1 aromatic carbocycles. The van der Waals surface area contributed by atoms with Crippen molar-refractivity contribution in [2.45, 2.75) is 19.3 Å². The van der Waals surface area contributed by atoms with E-state index < -0.39 is 17.9 Å². The van der Waals surface area contributed by atoms with Crippen LogP contribution in [0.4, 0.5) is 4.39 Å². The first-order valence-corrected chi connectivity index (χ1v) is 5.08. The Hall–Kier alpha value is -1.71. The first-order chi connectivity index (χ1) is 7.58. The maximum absolute atomic E-state index is 12.7. The summed E-state index contributed by atoms with van der Waals surface area (Å²) in [5, 5.41) is 0. The number of ether oxygens (including phenoxy) is 1. The van der Waals surface area contributed by atoms with E-state index in [1.54, 1.807) is 12.1 Å². The van der Waals surface area contributed by atoms with E-state index >= 15 is 0 Å². The molecule has 84 valence electrons. The summed E-state index contributed by atoms with van der Waals surface area (Å²) in [5.74, 6) is -1.87. The van der Waals surface area contributed by atoms with E-state index in [1.165, 1.54) is 12.1 Å². The molecule has 16 heavy (non-hydrogen) atoms. The van der Waals surface area contributed by atoms with Gasteiger partial charge in [-0.3, -0.25) is 9.59 Å². The van der Waals surface area contributed by atoms with Crippen LogP contribution in [0.3, 0.4) is 0 Å². The van der Waals surface area contributed by atoms with Crippen molar-refractivity contribution in [1.82, 2.24) is 0 Å². The molecule has 2 unspecified atom stereocenters. The van der Waals surface area contributed by atoms with E-state index in [2.05, 4.69) is 4.74 Å². The zero-order valence-electron chi connectivity index (χ0n) is 8.77. The molecule has 0 bridgehead atoms. The average Bonchev–Trinajstić information content (AvgIpc) is 2.58. The predicted molar refractivity (Wildman–Crippen MR) is 54.0 cm³/mol. The van der Waals surface area contributed by atoms with Gasteiger partial charge in [0.15, 0.2) is 0 Å². The molecule has 0 saturated carbocycles. The van der Waals surface area contributed by atoms with Gasteiger partial charge in [-0.25, -0.2) is 4.39 Å². The summed E-state index contributed by atoms with van der Waals surface area (Å²) in [4.78, 5) is 22.3. The van der Waals surface area contributed by atoms with Crippen LogP contribution in [0.1, 0.15) is 24.8 Å². The minimum absolute atomic E-state index is 0.109. The first-order valence-electron chi connectivity index (χ1n) is 5.08. The van der Waals surface area contributed by atoms with Gasteiger partial charge in [0.1, 0.15) is 5.82 Å². The smallest absolute Gasteiger partial charge is 0.317 e. The monoisotopic (exact) mass is 222 g/mol. The van der Waals surface area contributed by atoms with Crippen molar-refractivity contribution in [1.29, 1.82) is 0 Å². The van der Waals surface area contributed by atoms with Gasteiger partial charge in [0.25, 0.3) is 0 Å². The van der Waals surface area contributed by atoms with Crippen molar-refractivity contribution in [3.05, 3.63) is 35.6 Å². The van der Waals surface area contributed by atoms with E-state index in [-0.39, 0.29) is 18.2 Å². The van der Waals surface area contributed by atoms with Crippen LogP contribution in [-0.4, -0.2) is 11.9 Å². The SMILES string of the molecule is CC(c1ccc(F)cc1)C1CC(=O)OC1=O. The van der Waals surface area contributed by atoms with Crippen LogP contribution >= 0.6 is 0 Å². The lowest BCUT2D eigenvalue weighted by Crippen LogP contribution is -2.15. The fraction of sp³-hybridized carbons (Fsp3) is 0.333. The molecule has 1 saturated heterocycles. The predicted octanol–water partition coefficient (Wildman–Crippen LogP) is 2.02. The van der Waals surface area contributed by atoms with Crippen LogP contribution in [0.25, 0.3) is 0 Å². The molecule has 1 aliphatic rings. The van der Waals surface area contributed by atoms with Crippen molar-refractivity contribution < 1.29 is 18.7 Å². The number of rotatable bonds is 2. The second kappa shape index (κ2) is 4.04. The fourth-order valence-corrected chi connectivity index (χ4v) is 1.87. The highest BCUT2D eigenvalue weighted by molar-refractivity contribution is 5.95. The number of carbonyl (C=O) groups is 2. The Bertz CT molecular complexity index is 424. The molecule has 0 aromatic heterocycles. The fourth-order valence-electron chi connectivity index (χ4n) is 1.87. The molecule has 2 atom stereocenters. The van der Waals surface area contributed by atoms with E-state index in [9.17, 15) is 14.0 Å². The highest BCUT2D eigenvalue weighted by Gasteiger charge is 2.37. The van der Waals surface area contributed by atoms with E-state index in [4.69, 9.17) is 0 Å². The van der Waals surface area contributed by atoms with Gasteiger partial charge in [-0.05, 0) is 23.6 Å². The minimum atomic E-state index is -0.484. The van der Waals surface area contributed by atoms with Crippen molar-refractivity contribution in [2.24, 2.45) is 5.92 Å². The number of carbonyl (C=O) groups excluding carboxylic acids is 2. The number of hydrogen-bond acceptors (Lipinski definition) is 3. The Morgan fingerprint density at radius 1 is 1.31 bits per heavy atom. The highest BCUT2D eigenvalue weighted by Crippen LogP contribution is 2.31. The van der Waals surface area contributed by atoms with E-state index in [0.29, 0.717) is 0 Å². The van der Waals surface area contributed by atoms with Crippen molar-refractivity contribution in [3.63, 3.8) is 0 Å². The molecule has 0 aliphatic carbocycles. The van der Waals surface area contributed by atoms with Gasteiger partial charge in [-0.2, -0.15) is 0 Å². The summed E-state index contributed by atoms with van der Waals surface area (Å²) in [7, 11) is 0. The zero-order chi connectivity index (χ0) is 11.7. The second-order valence-electron chi connectivity index (χ2n) is 3.94. The Balaban J connectivity index is 2.19. The maximum atomic E-state index is 12.7. The van der Waals surface area contributed by atoms with Gasteiger partial charge in [0, 0.05) is 0 Å². The van der Waals surface area contributed by atoms with Crippen LogP contribution in [0, 0.1) is 11.7 Å². The van der Waals surface area contributed by atoms with Crippen LogP contribution in [0.5, 0.6) is 0 Å². The van der Waals surface area contributed by atoms with E-state index in [1.807, 2.05) is 6.92 Å². The van der Waals surface area contributed by atoms with Crippen molar-refractivity contribution in [2.75, 3.05) is 0 Å². The highest BCUT2D eigenvalue weighted by atomic mass is 19.1. The molecule has 1 heterocycles. The molecule has 3 nitrogen and oxygen atoms in total. The lowest BCUT2D eigenvalue weighted by atomic mass is 9.86. The molecule has 2 rings (SSSR count). The molecular formula is C12H11FO3. The Labute approximate surface area is 92.2 Å². The minimum Gasteiger partial charge on any atom is -0.393 e. The van der Waals surface area contributed by atoms with Crippen LogP contribution < -0.4 is 0 Å². The van der Waals surface area contributed by atoms with Crippen molar-refractivity contribution in [3.8, 4) is 0 Å². The van der Waals surface area contributed by atoms with Crippen molar-refractivity contribution >= 4 is 11.9 Å². The standard InChI is InChI=1S/C12H11FO3/c1-7(8-2-4-9(13)5-3-8)10-6-11(14)16-12(10)15/h2-5,7,10H,6H2,1H3. The molecule has 0 radical (unpaired) electrons. The second-order valence-corrected chi connectivity index (χ2v) is 3.94. The summed E-state index contributed by atoms with van der Waals surface area (Å²) in [5.41, 5.74) is 0.832. The first kappa shape index (κ1) is 10.8. The number of halogens is 1.